The van der Waals surface area contributed by atoms with Crippen LogP contribution in [0.25, 0.3) is 0 Å². The molecule has 2 N–H and O–H groups in total. The van der Waals surface area contributed by atoms with Crippen molar-refractivity contribution < 1.29 is 14.2 Å². The lowest BCUT2D eigenvalue weighted by Crippen LogP contribution is -2.47. The van der Waals surface area contributed by atoms with Gasteiger partial charge in [-0.15, -0.1) is 0 Å². The molecule has 4 bridgehead atoms. The summed E-state index contributed by atoms with van der Waals surface area (Å²) in [6.45, 7) is 97.9. The summed E-state index contributed by atoms with van der Waals surface area (Å²) in [5.41, 5.74) is 3.01. The predicted octanol–water partition coefficient (Wildman–Crippen LogP) is 27.5. The number of benzene rings is 1. The van der Waals surface area contributed by atoms with Gasteiger partial charge in [0, 0.05) is 208 Å². The largest absolute Gasteiger partial charge is 0.379 e. The lowest BCUT2D eigenvalue weighted by Gasteiger charge is -2.39. The SMILES string of the molecule is C.C.C.C.C.C.C.C.C.CC(C)N1C2CCC1CC2.CC(C)N1CC2CCC(CC2)C1.CC(C)N1CC2CCCCC2C1.CC(C)N1CCC1.CC(C)N1CCC2(CC1)OCCO2.CC(C)N1CCCC1.CC(C)N1CCCCC1.CC(C)N1CCCCCC1.CC(C)N1CCCCCCC1.CC(C)N1CCCNCC1.CC(C)N1CCNCC1.CC(C)N1CCOCC1.CC(C)N1Cc2ccccc2C1. The average molecular weight is 2000 g/mol. The van der Waals surface area contributed by atoms with Gasteiger partial charge in [0.1, 0.15) is 0 Å². The second kappa shape index (κ2) is 83.1. The van der Waals surface area contributed by atoms with Crippen molar-refractivity contribution in [3.63, 3.8) is 0 Å². The van der Waals surface area contributed by atoms with Crippen molar-refractivity contribution in [2.24, 2.45) is 23.7 Å². The maximum atomic E-state index is 5.66. The Balaban J connectivity index is -0.000000719. The number of hydrogen-bond acceptors (Lipinski definition) is 18. The molecule has 16 aliphatic heterocycles. The number of morpholine rings is 1. The van der Waals surface area contributed by atoms with Crippen LogP contribution in [0.3, 0.4) is 0 Å². The van der Waals surface area contributed by atoms with E-state index in [1.165, 1.54) is 315 Å². The van der Waals surface area contributed by atoms with E-state index in [1.54, 1.807) is 0 Å². The zero-order valence-corrected chi connectivity index (χ0v) is 92.7. The molecule has 1 aromatic carbocycles. The van der Waals surface area contributed by atoms with Crippen LogP contribution >= 0.6 is 0 Å². The molecule has 2 saturated carbocycles. The van der Waals surface area contributed by atoms with Crippen molar-refractivity contribution in [1.29, 1.82) is 0 Å². The first-order valence-electron chi connectivity index (χ1n) is 57.2. The third kappa shape index (κ3) is 58.2. The lowest BCUT2D eigenvalue weighted by molar-refractivity contribution is -0.187. The van der Waals surface area contributed by atoms with E-state index >= 15 is 0 Å². The van der Waals surface area contributed by atoms with Crippen LogP contribution in [-0.2, 0) is 27.3 Å². The van der Waals surface area contributed by atoms with Gasteiger partial charge in [0.25, 0.3) is 0 Å². The monoisotopic (exact) mass is 2000 g/mol. The number of nitrogens with zero attached hydrogens (tertiary/aromatic N) is 13. The van der Waals surface area contributed by atoms with Crippen molar-refractivity contribution in [3.8, 4) is 0 Å². The third-order valence-corrected chi connectivity index (χ3v) is 32.6. The van der Waals surface area contributed by atoms with Crippen LogP contribution in [-0.4, -0.2) is 357 Å². The van der Waals surface area contributed by atoms with Crippen molar-refractivity contribution in [3.05, 3.63) is 35.4 Å². The number of piperazine rings is 1. The van der Waals surface area contributed by atoms with E-state index in [2.05, 4.69) is 279 Å². The Bertz CT molecular complexity index is 2710. The van der Waals surface area contributed by atoms with Crippen LogP contribution in [0.4, 0.5) is 0 Å². The van der Waals surface area contributed by atoms with Gasteiger partial charge >= 0.3 is 0 Å². The molecule has 16 heterocycles. The molecule has 15 saturated heterocycles. The molecule has 0 aromatic heterocycles. The Morgan fingerprint density at radius 1 is 0.234 bits per heavy atom. The van der Waals surface area contributed by atoms with Gasteiger partial charge in [0.2, 0.25) is 0 Å². The Hall–Kier alpha value is -1.50. The summed E-state index contributed by atoms with van der Waals surface area (Å²) < 4.78 is 16.5. The van der Waals surface area contributed by atoms with Gasteiger partial charge in [-0.25, -0.2) is 0 Å². The van der Waals surface area contributed by atoms with Crippen LogP contribution in [0.1, 0.15) is 451 Å². The van der Waals surface area contributed by atoms with E-state index in [0.29, 0.717) is 18.1 Å². The van der Waals surface area contributed by atoms with E-state index in [-0.39, 0.29) is 72.6 Å². The summed E-state index contributed by atoms with van der Waals surface area (Å²) >= 11 is 0. The average Bonchev–Trinajstić information content (AvgIpc) is 1.66. The Kier molecular flexibility index (Phi) is 85.9. The highest BCUT2D eigenvalue weighted by atomic mass is 16.7. The van der Waals surface area contributed by atoms with E-state index in [9.17, 15) is 0 Å². The quantitative estimate of drug-likeness (QED) is 0.196. The van der Waals surface area contributed by atoms with Crippen LogP contribution in [0.15, 0.2) is 24.3 Å². The summed E-state index contributed by atoms with van der Waals surface area (Å²) in [6, 6.07) is 20.3. The van der Waals surface area contributed by atoms with Crippen molar-refractivity contribution in [2.45, 2.75) is 549 Å². The molecule has 2 aliphatic carbocycles. The number of nitrogens with one attached hydrogen (secondary N) is 2. The van der Waals surface area contributed by atoms with Crippen molar-refractivity contribution >= 4 is 0 Å². The molecule has 18 aliphatic rings. The first kappa shape index (κ1) is 146. The third-order valence-electron chi connectivity index (χ3n) is 32.6. The van der Waals surface area contributed by atoms with Crippen LogP contribution in [0.5, 0.6) is 0 Å². The first-order chi connectivity index (χ1) is 63.2. The van der Waals surface area contributed by atoms with E-state index in [1.807, 2.05) is 0 Å². The number of fused-ring (bicyclic) bond motifs is 8. The summed E-state index contributed by atoms with van der Waals surface area (Å²) in [4.78, 5) is 33.3. The molecule has 0 radical (unpaired) electrons. The standard InChI is InChI=1S/2C11H21N.C11H15N.C10H19NO2.C10H21N.C9H17N.C9H19N.C8H18N2.C8H17N.C7H16N2.C7H15NO.C7H15N.C6H13N.9CH4/c1-9(2)12-7-10-3-4-11(8-12)6-5-10;2*1-9(2)12-7-10-5-3-4-6-11(10)8-12;1-9(2)11-5-3-10(4-6-11)12-7-8-13-10;1-10(2)11-8-6-4-3-5-7-9-11;1-7(2)10-8-3-4-9(10)6-5-8;1-9(2)10-7-5-3-4-6-8-10;1-8(2)10-6-3-4-9-5-7-10;1-8(2)9-6-4-3-5-7-9;1-7(2)9-5-3-8-4-6-9;1-7(2)8-3-5-9-6-4-8;1-7(2)8-5-3-4-6-8;1-6(2)7-4-3-5-7;;;;;;;;;/h2*9-11H,3-8H2,1-2H3;3-6,9H,7-8H2,1-2H3;9H,3-8H2,1-2H3;10H,3-9H2,1-2H3;7-9H,3-6H2,1-2H3;9H,3-8H2,1-2H3;8-9H,3-7H2,1-2H3;8H,3-7H2,1-2H3;7-8H,3-6H2,1-2H3;7H,3-6H2,1-2H3;7H,3-6H2,1-2H3;6H,3-5H2,1-2H3;9*1H4. The van der Waals surface area contributed by atoms with Gasteiger partial charge in [0.05, 0.1) is 26.4 Å². The maximum Gasteiger partial charge on any atom is 0.170 e. The number of ether oxygens (including phenoxy) is 3. The zero-order valence-electron chi connectivity index (χ0n) is 92.7. The Morgan fingerprint density at radius 2 is 0.489 bits per heavy atom. The molecule has 848 valence electrons. The summed E-state index contributed by atoms with van der Waals surface area (Å²) in [5.74, 6) is 3.98. The highest BCUT2D eigenvalue weighted by Crippen LogP contribution is 2.40. The van der Waals surface area contributed by atoms with Crippen LogP contribution in [0, 0.1) is 23.7 Å². The van der Waals surface area contributed by atoms with Gasteiger partial charge in [-0.2, -0.15) is 0 Å². The minimum atomic E-state index is -0.203. The van der Waals surface area contributed by atoms with Crippen molar-refractivity contribution in [1.82, 2.24) is 74.3 Å². The number of rotatable bonds is 13. The van der Waals surface area contributed by atoms with E-state index < -0.39 is 0 Å². The minimum absolute atomic E-state index is 0. The number of piperidine rings is 2. The summed E-state index contributed by atoms with van der Waals surface area (Å²) in [5, 5.41) is 6.72. The smallest absolute Gasteiger partial charge is 0.170 e. The maximum absolute atomic E-state index is 5.66. The molecule has 18 heteroatoms. The molecule has 2 atom stereocenters. The van der Waals surface area contributed by atoms with Crippen LogP contribution < -0.4 is 10.6 Å². The molecule has 2 unspecified atom stereocenters. The molecule has 19 rings (SSSR count). The van der Waals surface area contributed by atoms with Gasteiger partial charge < -0.3 is 64.0 Å². The predicted molar refractivity (Wildman–Crippen MR) is 633 cm³/mol. The van der Waals surface area contributed by atoms with E-state index in [4.69, 9.17) is 14.2 Å². The minimum Gasteiger partial charge on any atom is -0.379 e. The number of hydrogen-bond donors (Lipinski definition) is 2. The fourth-order valence-electron chi connectivity index (χ4n) is 22.9. The Morgan fingerprint density at radius 3 is 0.780 bits per heavy atom. The summed E-state index contributed by atoms with van der Waals surface area (Å²) in [7, 11) is 0. The fraction of sp³-hybridized carbons (Fsp3) is 0.951. The molecule has 1 spiro atoms. The van der Waals surface area contributed by atoms with E-state index in [0.717, 1.165) is 194 Å². The van der Waals surface area contributed by atoms with Gasteiger partial charge in [-0.3, -0.25) is 24.5 Å². The fourth-order valence-corrected chi connectivity index (χ4v) is 22.9. The van der Waals surface area contributed by atoms with Gasteiger partial charge in [-0.1, -0.05) is 142 Å². The molecule has 0 amide bonds. The zero-order chi connectivity index (χ0) is 96.3. The highest BCUT2D eigenvalue weighted by Gasteiger charge is 2.42. The second-order valence-electron chi connectivity index (χ2n) is 46.6. The normalized spacial score (nSPS) is 25.2. The second-order valence-corrected chi connectivity index (χ2v) is 46.6. The molecule has 141 heavy (non-hydrogen) atoms. The van der Waals surface area contributed by atoms with Crippen molar-refractivity contribution in [2.75, 3.05) is 197 Å². The lowest BCUT2D eigenvalue weighted by atomic mass is 9.82. The molecular formula is C123H263N15O3. The summed E-state index contributed by atoms with van der Waals surface area (Å²) in [6.07, 6.45) is 42.7. The van der Waals surface area contributed by atoms with Crippen LogP contribution in [0.2, 0.25) is 0 Å². The topological polar surface area (TPSA) is 93.9 Å². The highest BCUT2D eigenvalue weighted by molar-refractivity contribution is 5.30. The molecule has 18 nitrogen and oxygen atoms in total. The molecule has 1 aromatic rings. The van der Waals surface area contributed by atoms with Gasteiger partial charge in [0.15, 0.2) is 5.79 Å². The van der Waals surface area contributed by atoms with Gasteiger partial charge in [-0.05, 0) is 422 Å². The Labute approximate surface area is 887 Å². The molecular weight excluding hydrogens is 1740 g/mol. The first-order valence-corrected chi connectivity index (χ1v) is 57.2. The molecule has 17 fully saturated rings. The number of likely N-dealkylation sites (tertiary alicyclic amines) is 7.